The Hall–Kier alpha value is -0.290. The second-order valence-electron chi connectivity index (χ2n) is 6.24. The van der Waals surface area contributed by atoms with Gasteiger partial charge in [0.05, 0.1) is 0 Å². The molecule has 0 atom stereocenters. The van der Waals surface area contributed by atoms with E-state index in [9.17, 15) is 4.79 Å². The van der Waals surface area contributed by atoms with Crippen molar-refractivity contribution < 1.29 is 9.53 Å². The SMILES string of the molecule is CC(C)(C)OC(=O)N1CC2(CN(CCBr)C2)C1. The van der Waals surface area contributed by atoms with Crippen molar-refractivity contribution >= 4 is 22.0 Å². The zero-order valence-corrected chi connectivity index (χ0v) is 12.4. The number of likely N-dealkylation sites (tertiary alicyclic amines) is 2. The highest BCUT2D eigenvalue weighted by Gasteiger charge is 2.53. The molecule has 2 aliphatic rings. The Morgan fingerprint density at radius 3 is 2.35 bits per heavy atom. The van der Waals surface area contributed by atoms with Crippen LogP contribution in [0.4, 0.5) is 4.79 Å². The molecular formula is C12H21BrN2O2. The molecule has 0 aromatic heterocycles. The van der Waals surface area contributed by atoms with E-state index in [0.717, 1.165) is 38.1 Å². The van der Waals surface area contributed by atoms with Gasteiger partial charge in [0, 0.05) is 43.5 Å². The molecule has 2 rings (SSSR count). The molecule has 1 spiro atoms. The Labute approximate surface area is 111 Å². The Morgan fingerprint density at radius 1 is 1.29 bits per heavy atom. The van der Waals surface area contributed by atoms with Gasteiger partial charge in [0.1, 0.15) is 5.60 Å². The summed E-state index contributed by atoms with van der Waals surface area (Å²) in [5, 5.41) is 1.03. The molecule has 4 nitrogen and oxygen atoms in total. The molecule has 2 saturated heterocycles. The van der Waals surface area contributed by atoms with Crippen molar-refractivity contribution in [2.45, 2.75) is 26.4 Å². The van der Waals surface area contributed by atoms with Crippen LogP contribution in [-0.4, -0.2) is 59.5 Å². The van der Waals surface area contributed by atoms with Gasteiger partial charge in [-0.3, -0.25) is 0 Å². The fraction of sp³-hybridized carbons (Fsp3) is 0.917. The Kier molecular flexibility index (Phi) is 3.42. The van der Waals surface area contributed by atoms with E-state index in [-0.39, 0.29) is 11.7 Å². The van der Waals surface area contributed by atoms with E-state index < -0.39 is 0 Å². The standard InChI is InChI=1S/C12H21BrN2O2/c1-11(2,3)17-10(16)15-8-12(9-15)6-14(7-12)5-4-13/h4-9H2,1-3H3. The monoisotopic (exact) mass is 304 g/mol. The van der Waals surface area contributed by atoms with Crippen LogP contribution in [0.25, 0.3) is 0 Å². The van der Waals surface area contributed by atoms with E-state index in [1.807, 2.05) is 25.7 Å². The van der Waals surface area contributed by atoms with Crippen LogP contribution in [-0.2, 0) is 4.74 Å². The molecule has 2 heterocycles. The summed E-state index contributed by atoms with van der Waals surface area (Å²) in [4.78, 5) is 16.0. The quantitative estimate of drug-likeness (QED) is 0.731. The van der Waals surface area contributed by atoms with Crippen LogP contribution in [0.3, 0.4) is 0 Å². The lowest BCUT2D eigenvalue weighted by molar-refractivity contribution is -0.110. The van der Waals surface area contributed by atoms with Crippen LogP contribution in [0.5, 0.6) is 0 Å². The maximum Gasteiger partial charge on any atom is 0.410 e. The zero-order chi connectivity index (χ0) is 12.7. The van der Waals surface area contributed by atoms with Crippen molar-refractivity contribution in [3.05, 3.63) is 0 Å². The smallest absolute Gasteiger partial charge is 0.410 e. The lowest BCUT2D eigenvalue weighted by Gasteiger charge is -2.60. The first-order valence-corrected chi connectivity index (χ1v) is 7.22. The van der Waals surface area contributed by atoms with Gasteiger partial charge in [-0.25, -0.2) is 4.79 Å². The maximum absolute atomic E-state index is 11.8. The van der Waals surface area contributed by atoms with E-state index in [0.29, 0.717) is 5.41 Å². The lowest BCUT2D eigenvalue weighted by Crippen LogP contribution is -2.73. The molecule has 0 saturated carbocycles. The number of halogens is 1. The van der Waals surface area contributed by atoms with E-state index in [1.165, 1.54) is 0 Å². The highest BCUT2D eigenvalue weighted by atomic mass is 79.9. The van der Waals surface area contributed by atoms with Gasteiger partial charge >= 0.3 is 6.09 Å². The average Bonchev–Trinajstić information content (AvgIpc) is 2.03. The van der Waals surface area contributed by atoms with Crippen molar-refractivity contribution in [3.63, 3.8) is 0 Å². The minimum absolute atomic E-state index is 0.165. The number of rotatable bonds is 2. The summed E-state index contributed by atoms with van der Waals surface area (Å²) in [5.74, 6) is 0. The van der Waals surface area contributed by atoms with Crippen molar-refractivity contribution in [2.75, 3.05) is 38.1 Å². The van der Waals surface area contributed by atoms with Gasteiger partial charge in [-0.2, -0.15) is 0 Å². The maximum atomic E-state index is 11.8. The van der Waals surface area contributed by atoms with E-state index in [4.69, 9.17) is 4.74 Å². The molecule has 98 valence electrons. The third kappa shape index (κ3) is 2.94. The van der Waals surface area contributed by atoms with Gasteiger partial charge in [-0.1, -0.05) is 15.9 Å². The lowest BCUT2D eigenvalue weighted by atomic mass is 9.73. The molecule has 0 bridgehead atoms. The molecule has 17 heavy (non-hydrogen) atoms. The first-order valence-electron chi connectivity index (χ1n) is 6.10. The average molecular weight is 305 g/mol. The summed E-state index contributed by atoms with van der Waals surface area (Å²) in [6.45, 7) is 10.8. The number of hydrogen-bond donors (Lipinski definition) is 0. The second-order valence-corrected chi connectivity index (χ2v) is 7.03. The van der Waals surface area contributed by atoms with Crippen LogP contribution in [0.2, 0.25) is 0 Å². The molecule has 0 radical (unpaired) electrons. The molecule has 2 fully saturated rings. The molecule has 5 heteroatoms. The summed E-state index contributed by atoms with van der Waals surface area (Å²) in [6.07, 6.45) is -0.165. The van der Waals surface area contributed by atoms with Crippen LogP contribution >= 0.6 is 15.9 Å². The van der Waals surface area contributed by atoms with Gasteiger partial charge in [0.25, 0.3) is 0 Å². The molecule has 0 aliphatic carbocycles. The second kappa shape index (κ2) is 4.43. The number of carbonyl (C=O) groups is 1. The first kappa shape index (κ1) is 13.1. The fourth-order valence-corrected chi connectivity index (χ4v) is 3.10. The Balaban J connectivity index is 1.71. The summed E-state index contributed by atoms with van der Waals surface area (Å²) in [5.41, 5.74) is -0.0134. The van der Waals surface area contributed by atoms with Crippen LogP contribution in [0.15, 0.2) is 0 Å². The number of hydrogen-bond acceptors (Lipinski definition) is 3. The molecule has 0 aromatic rings. The third-order valence-electron chi connectivity index (χ3n) is 3.22. The molecule has 0 unspecified atom stereocenters. The molecule has 0 aromatic carbocycles. The number of alkyl halides is 1. The van der Waals surface area contributed by atoms with Crippen LogP contribution < -0.4 is 0 Å². The minimum atomic E-state index is -0.387. The fourth-order valence-electron chi connectivity index (χ4n) is 2.60. The molecular weight excluding hydrogens is 284 g/mol. The molecule has 0 N–H and O–H groups in total. The highest BCUT2D eigenvalue weighted by Crippen LogP contribution is 2.39. The van der Waals surface area contributed by atoms with Gasteiger partial charge in [0.15, 0.2) is 0 Å². The van der Waals surface area contributed by atoms with Crippen molar-refractivity contribution in [1.29, 1.82) is 0 Å². The van der Waals surface area contributed by atoms with Crippen LogP contribution in [0, 0.1) is 5.41 Å². The van der Waals surface area contributed by atoms with E-state index in [2.05, 4.69) is 20.8 Å². The largest absolute Gasteiger partial charge is 0.444 e. The number of amides is 1. The van der Waals surface area contributed by atoms with Crippen molar-refractivity contribution in [1.82, 2.24) is 9.80 Å². The van der Waals surface area contributed by atoms with Crippen molar-refractivity contribution in [3.8, 4) is 0 Å². The van der Waals surface area contributed by atoms with E-state index in [1.54, 1.807) is 0 Å². The van der Waals surface area contributed by atoms with Gasteiger partial charge in [-0.15, -0.1) is 0 Å². The third-order valence-corrected chi connectivity index (χ3v) is 3.58. The predicted octanol–water partition coefficient (Wildman–Crippen LogP) is 1.93. The van der Waals surface area contributed by atoms with Crippen molar-refractivity contribution in [2.24, 2.45) is 5.41 Å². The number of ether oxygens (including phenoxy) is 1. The topological polar surface area (TPSA) is 32.8 Å². The van der Waals surface area contributed by atoms with Gasteiger partial charge < -0.3 is 14.5 Å². The Morgan fingerprint density at radius 2 is 1.88 bits per heavy atom. The summed E-state index contributed by atoms with van der Waals surface area (Å²) >= 11 is 3.44. The molecule has 2 aliphatic heterocycles. The predicted molar refractivity (Wildman–Crippen MR) is 70.5 cm³/mol. The normalized spacial score (nSPS) is 23.2. The summed E-state index contributed by atoms with van der Waals surface area (Å²) < 4.78 is 5.34. The van der Waals surface area contributed by atoms with Crippen LogP contribution in [0.1, 0.15) is 20.8 Å². The van der Waals surface area contributed by atoms with E-state index >= 15 is 0 Å². The minimum Gasteiger partial charge on any atom is -0.444 e. The number of nitrogens with zero attached hydrogens (tertiary/aromatic N) is 2. The van der Waals surface area contributed by atoms with Gasteiger partial charge in [0.2, 0.25) is 0 Å². The molecule has 1 amide bonds. The highest BCUT2D eigenvalue weighted by molar-refractivity contribution is 9.09. The zero-order valence-electron chi connectivity index (χ0n) is 10.8. The summed E-state index contributed by atoms with van der Waals surface area (Å²) in [7, 11) is 0. The first-order chi connectivity index (χ1) is 7.84. The number of carbonyl (C=O) groups excluding carboxylic acids is 1. The van der Waals surface area contributed by atoms with Gasteiger partial charge in [-0.05, 0) is 20.8 Å². The summed E-state index contributed by atoms with van der Waals surface area (Å²) in [6, 6.07) is 0. The Bertz CT molecular complexity index is 300.